The fraction of sp³-hybridized carbons (Fsp3) is 0.400. The van der Waals surface area contributed by atoms with Gasteiger partial charge in [-0.05, 0) is 36.8 Å². The second-order valence-corrected chi connectivity index (χ2v) is 8.31. The number of sulfonamides is 1. The first kappa shape index (κ1) is 19.7. The molecule has 0 bridgehead atoms. The quantitative estimate of drug-likeness (QED) is 0.727. The van der Waals surface area contributed by atoms with Crippen LogP contribution in [0.1, 0.15) is 12.5 Å². The summed E-state index contributed by atoms with van der Waals surface area (Å²) in [5.41, 5.74) is 1.19. The average Bonchev–Trinajstić information content (AvgIpc) is 2.70. The smallest absolute Gasteiger partial charge is 0.246 e. The van der Waals surface area contributed by atoms with Crippen molar-refractivity contribution in [3.05, 3.63) is 54.1 Å². The number of hydrogen-bond acceptors (Lipinski definition) is 5. The maximum atomic E-state index is 12.9. The van der Waals surface area contributed by atoms with Crippen LogP contribution in [-0.2, 0) is 16.6 Å². The second kappa shape index (κ2) is 8.73. The van der Waals surface area contributed by atoms with E-state index in [1.54, 1.807) is 28.6 Å². The Labute approximate surface area is 161 Å². The first-order valence-electron chi connectivity index (χ1n) is 9.12. The minimum absolute atomic E-state index is 0.229. The van der Waals surface area contributed by atoms with Gasteiger partial charge in [-0.1, -0.05) is 24.3 Å². The van der Waals surface area contributed by atoms with Crippen LogP contribution in [0.3, 0.4) is 0 Å². The van der Waals surface area contributed by atoms with E-state index < -0.39 is 10.0 Å². The first-order valence-corrected chi connectivity index (χ1v) is 10.6. The second-order valence-electron chi connectivity index (χ2n) is 6.41. The Balaban J connectivity index is 1.61. The summed E-state index contributed by atoms with van der Waals surface area (Å²) < 4.78 is 38.1. The molecule has 2 aromatic carbocycles. The Morgan fingerprint density at radius 2 is 1.63 bits per heavy atom. The maximum Gasteiger partial charge on any atom is 0.246 e. The zero-order valence-corrected chi connectivity index (χ0v) is 16.6. The third-order valence-corrected chi connectivity index (χ3v) is 6.60. The normalized spacial score (nSPS) is 16.2. The zero-order chi connectivity index (χ0) is 19.3. The van der Waals surface area contributed by atoms with Crippen LogP contribution in [0, 0.1) is 0 Å². The molecule has 1 heterocycles. The number of benzene rings is 2. The Morgan fingerprint density at radius 1 is 0.963 bits per heavy atom. The predicted octanol–water partition coefficient (Wildman–Crippen LogP) is 2.60. The highest BCUT2D eigenvalue weighted by Gasteiger charge is 2.30. The van der Waals surface area contributed by atoms with E-state index in [2.05, 4.69) is 17.0 Å². The molecule has 2 aromatic rings. The van der Waals surface area contributed by atoms with Crippen LogP contribution >= 0.6 is 0 Å². The summed E-state index contributed by atoms with van der Waals surface area (Å²) in [4.78, 5) is 2.50. The number of methoxy groups -OCH3 is 1. The van der Waals surface area contributed by atoms with Crippen molar-refractivity contribution in [2.24, 2.45) is 0 Å². The van der Waals surface area contributed by atoms with Gasteiger partial charge in [0, 0.05) is 32.7 Å². The summed E-state index contributed by atoms with van der Waals surface area (Å²) in [6.07, 6.45) is 0. The van der Waals surface area contributed by atoms with E-state index >= 15 is 0 Å². The van der Waals surface area contributed by atoms with Gasteiger partial charge in [-0.2, -0.15) is 4.31 Å². The van der Waals surface area contributed by atoms with Gasteiger partial charge in [-0.15, -0.1) is 0 Å². The minimum Gasteiger partial charge on any atom is -0.495 e. The van der Waals surface area contributed by atoms with Crippen molar-refractivity contribution in [3.8, 4) is 11.5 Å². The van der Waals surface area contributed by atoms with Gasteiger partial charge in [-0.3, -0.25) is 4.90 Å². The van der Waals surface area contributed by atoms with E-state index in [0.717, 1.165) is 12.3 Å². The molecule has 1 saturated heterocycles. The Bertz CT molecular complexity index is 845. The molecule has 0 spiro atoms. The summed E-state index contributed by atoms with van der Waals surface area (Å²) >= 11 is 0. The number of hydrogen-bond donors (Lipinski definition) is 0. The molecule has 0 unspecified atom stereocenters. The van der Waals surface area contributed by atoms with Crippen molar-refractivity contribution in [2.75, 3.05) is 39.9 Å². The molecule has 0 saturated carbocycles. The Morgan fingerprint density at radius 3 is 2.26 bits per heavy atom. The molecule has 7 heteroatoms. The minimum atomic E-state index is -3.55. The van der Waals surface area contributed by atoms with E-state index in [0.29, 0.717) is 38.5 Å². The largest absolute Gasteiger partial charge is 0.495 e. The number of piperazine rings is 1. The van der Waals surface area contributed by atoms with Gasteiger partial charge in [0.15, 0.2) is 0 Å². The van der Waals surface area contributed by atoms with Gasteiger partial charge in [0.2, 0.25) is 10.0 Å². The molecular weight excluding hydrogens is 364 g/mol. The first-order chi connectivity index (χ1) is 13.0. The number of nitrogens with zero attached hydrogens (tertiary/aromatic N) is 2. The molecule has 1 aliphatic heterocycles. The van der Waals surface area contributed by atoms with Crippen molar-refractivity contribution >= 4 is 10.0 Å². The summed E-state index contributed by atoms with van der Waals surface area (Å²) in [6.45, 7) is 5.75. The summed E-state index contributed by atoms with van der Waals surface area (Å²) in [7, 11) is -2.06. The molecule has 0 radical (unpaired) electrons. The predicted molar refractivity (Wildman–Crippen MR) is 105 cm³/mol. The standard InChI is InChI=1S/C20H26N2O4S/c1-3-26-18-10-8-17(9-11-18)16-21-12-14-22(15-13-21)27(23,24)20-7-5-4-6-19(20)25-2/h4-11H,3,12-16H2,1-2H3. The summed E-state index contributed by atoms with van der Waals surface area (Å²) in [5.74, 6) is 1.25. The highest BCUT2D eigenvalue weighted by Crippen LogP contribution is 2.27. The van der Waals surface area contributed by atoms with Crippen molar-refractivity contribution < 1.29 is 17.9 Å². The molecule has 0 aromatic heterocycles. The fourth-order valence-corrected chi connectivity index (χ4v) is 4.79. The van der Waals surface area contributed by atoms with Crippen molar-refractivity contribution in [1.82, 2.24) is 9.21 Å². The highest BCUT2D eigenvalue weighted by molar-refractivity contribution is 7.89. The van der Waals surface area contributed by atoms with Gasteiger partial charge in [0.1, 0.15) is 16.4 Å². The molecule has 0 aliphatic carbocycles. The number of rotatable bonds is 7. The molecule has 6 nitrogen and oxygen atoms in total. The van der Waals surface area contributed by atoms with Crippen LogP contribution in [0.25, 0.3) is 0 Å². The van der Waals surface area contributed by atoms with Crippen LogP contribution in [0.2, 0.25) is 0 Å². The molecule has 3 rings (SSSR count). The zero-order valence-electron chi connectivity index (χ0n) is 15.8. The molecular formula is C20H26N2O4S. The third kappa shape index (κ3) is 4.61. The molecule has 1 aliphatic rings. The Hall–Kier alpha value is -2.09. The third-order valence-electron chi connectivity index (χ3n) is 4.66. The van der Waals surface area contributed by atoms with Crippen molar-refractivity contribution in [3.63, 3.8) is 0 Å². The molecule has 1 fully saturated rings. The van der Waals surface area contributed by atoms with Crippen molar-refractivity contribution in [2.45, 2.75) is 18.4 Å². The van der Waals surface area contributed by atoms with Crippen LogP contribution in [0.4, 0.5) is 0 Å². The number of ether oxygens (including phenoxy) is 2. The van der Waals surface area contributed by atoms with Crippen LogP contribution < -0.4 is 9.47 Å². The number of para-hydroxylation sites is 1. The van der Waals surface area contributed by atoms with Crippen LogP contribution in [0.15, 0.2) is 53.4 Å². The molecule has 0 atom stereocenters. The van der Waals surface area contributed by atoms with Gasteiger partial charge in [0.05, 0.1) is 13.7 Å². The topological polar surface area (TPSA) is 59.1 Å². The van der Waals surface area contributed by atoms with Gasteiger partial charge < -0.3 is 9.47 Å². The lowest BCUT2D eigenvalue weighted by atomic mass is 10.2. The van der Waals surface area contributed by atoms with E-state index in [-0.39, 0.29) is 4.90 Å². The van der Waals surface area contributed by atoms with E-state index in [9.17, 15) is 8.42 Å². The van der Waals surface area contributed by atoms with Crippen LogP contribution in [0.5, 0.6) is 11.5 Å². The van der Waals surface area contributed by atoms with E-state index in [1.807, 2.05) is 19.1 Å². The maximum absolute atomic E-state index is 12.9. The lowest BCUT2D eigenvalue weighted by Crippen LogP contribution is -2.48. The summed E-state index contributed by atoms with van der Waals surface area (Å²) in [6, 6.07) is 14.8. The van der Waals surface area contributed by atoms with E-state index in [4.69, 9.17) is 9.47 Å². The highest BCUT2D eigenvalue weighted by atomic mass is 32.2. The monoisotopic (exact) mass is 390 g/mol. The van der Waals surface area contributed by atoms with Gasteiger partial charge >= 0.3 is 0 Å². The molecule has 27 heavy (non-hydrogen) atoms. The lowest BCUT2D eigenvalue weighted by Gasteiger charge is -2.34. The molecule has 0 N–H and O–H groups in total. The molecule has 0 amide bonds. The van der Waals surface area contributed by atoms with E-state index in [1.165, 1.54) is 12.7 Å². The molecule has 146 valence electrons. The van der Waals surface area contributed by atoms with Crippen LogP contribution in [-0.4, -0.2) is 57.5 Å². The van der Waals surface area contributed by atoms with Crippen molar-refractivity contribution in [1.29, 1.82) is 0 Å². The Kier molecular flexibility index (Phi) is 6.36. The fourth-order valence-electron chi connectivity index (χ4n) is 3.21. The van der Waals surface area contributed by atoms with Gasteiger partial charge in [0.25, 0.3) is 0 Å². The lowest BCUT2D eigenvalue weighted by molar-refractivity contribution is 0.181. The average molecular weight is 391 g/mol. The SMILES string of the molecule is CCOc1ccc(CN2CCN(S(=O)(=O)c3ccccc3OC)CC2)cc1. The van der Waals surface area contributed by atoms with Gasteiger partial charge in [-0.25, -0.2) is 8.42 Å². The summed E-state index contributed by atoms with van der Waals surface area (Å²) in [5, 5.41) is 0.